The Hall–Kier alpha value is -2.62. The van der Waals surface area contributed by atoms with E-state index in [4.69, 9.17) is 4.74 Å². The number of amides is 1. The summed E-state index contributed by atoms with van der Waals surface area (Å²) in [6.45, 7) is 6.55. The average molecular weight is 339 g/mol. The van der Waals surface area contributed by atoms with E-state index in [9.17, 15) is 9.59 Å². The van der Waals surface area contributed by atoms with Crippen LogP contribution < -0.4 is 5.32 Å². The molecule has 0 saturated heterocycles. The third-order valence-electron chi connectivity index (χ3n) is 3.86. The molecule has 4 nitrogen and oxygen atoms in total. The number of hydrogen-bond donors (Lipinski definition) is 1. The summed E-state index contributed by atoms with van der Waals surface area (Å²) in [5.41, 5.74) is 3.16. The van der Waals surface area contributed by atoms with E-state index in [1.807, 2.05) is 54.6 Å². The molecule has 0 aliphatic heterocycles. The monoisotopic (exact) mass is 339 g/mol. The molecule has 0 fully saturated rings. The van der Waals surface area contributed by atoms with Gasteiger partial charge in [0.2, 0.25) is 5.91 Å². The predicted octanol–water partition coefficient (Wildman–Crippen LogP) is 3.39. The highest BCUT2D eigenvalue weighted by Crippen LogP contribution is 2.22. The lowest BCUT2D eigenvalue weighted by molar-refractivity contribution is -0.145. The van der Waals surface area contributed by atoms with Crippen LogP contribution in [0.25, 0.3) is 0 Å². The Bertz CT molecular complexity index is 700. The van der Waals surface area contributed by atoms with Gasteiger partial charge in [-0.1, -0.05) is 75.4 Å². The highest BCUT2D eigenvalue weighted by molar-refractivity contribution is 5.83. The second-order valence-corrected chi connectivity index (χ2v) is 7.05. The maximum Gasteiger partial charge on any atom is 0.325 e. The number of benzene rings is 2. The summed E-state index contributed by atoms with van der Waals surface area (Å²) >= 11 is 0. The van der Waals surface area contributed by atoms with Crippen molar-refractivity contribution in [1.82, 2.24) is 5.32 Å². The molecule has 25 heavy (non-hydrogen) atoms. The van der Waals surface area contributed by atoms with Gasteiger partial charge in [0.05, 0.1) is 6.42 Å². The van der Waals surface area contributed by atoms with Crippen LogP contribution in [-0.2, 0) is 32.8 Å². The van der Waals surface area contributed by atoms with Crippen molar-refractivity contribution in [2.75, 3.05) is 6.54 Å². The molecule has 0 atom stereocenters. The Kier molecular flexibility index (Phi) is 6.34. The Morgan fingerprint density at radius 3 is 2.16 bits per heavy atom. The number of esters is 1. The molecule has 4 heteroatoms. The fourth-order valence-corrected chi connectivity index (χ4v) is 2.33. The minimum Gasteiger partial charge on any atom is -0.460 e. The van der Waals surface area contributed by atoms with E-state index in [1.54, 1.807) is 0 Å². The molecule has 0 spiro atoms. The van der Waals surface area contributed by atoms with Crippen LogP contribution in [0.15, 0.2) is 54.6 Å². The fraction of sp³-hybridized carbons (Fsp3) is 0.333. The SMILES string of the molecule is CC(C)(C)c1ccc(COC(=O)CNC(=O)Cc2ccccc2)cc1. The topological polar surface area (TPSA) is 55.4 Å². The maximum absolute atomic E-state index is 11.8. The summed E-state index contributed by atoms with van der Waals surface area (Å²) in [7, 11) is 0. The van der Waals surface area contributed by atoms with Gasteiger partial charge in [-0.3, -0.25) is 9.59 Å². The molecule has 2 aromatic rings. The summed E-state index contributed by atoms with van der Waals surface area (Å²) in [5.74, 6) is -0.640. The highest BCUT2D eigenvalue weighted by Gasteiger charge is 2.13. The molecule has 2 aromatic carbocycles. The molecular weight excluding hydrogens is 314 g/mol. The number of carbonyl (C=O) groups excluding carboxylic acids is 2. The average Bonchev–Trinajstić information content (AvgIpc) is 2.58. The van der Waals surface area contributed by atoms with E-state index in [1.165, 1.54) is 5.56 Å². The van der Waals surface area contributed by atoms with Gasteiger partial charge in [-0.05, 0) is 22.1 Å². The number of rotatable bonds is 6. The van der Waals surface area contributed by atoms with Crippen molar-refractivity contribution in [3.8, 4) is 0 Å². The first-order valence-corrected chi connectivity index (χ1v) is 8.40. The molecule has 2 rings (SSSR count). The summed E-state index contributed by atoms with van der Waals surface area (Å²) < 4.78 is 5.20. The molecule has 0 heterocycles. The zero-order valence-electron chi connectivity index (χ0n) is 15.0. The van der Waals surface area contributed by atoms with Crippen LogP contribution in [-0.4, -0.2) is 18.4 Å². The van der Waals surface area contributed by atoms with Gasteiger partial charge in [0.15, 0.2) is 0 Å². The van der Waals surface area contributed by atoms with E-state index >= 15 is 0 Å². The molecule has 1 amide bonds. The van der Waals surface area contributed by atoms with Crippen LogP contribution in [0.4, 0.5) is 0 Å². The lowest BCUT2D eigenvalue weighted by Crippen LogP contribution is -2.31. The minimum atomic E-state index is -0.443. The first kappa shape index (κ1) is 18.7. The smallest absolute Gasteiger partial charge is 0.325 e. The minimum absolute atomic E-state index is 0.0955. The highest BCUT2D eigenvalue weighted by atomic mass is 16.5. The van der Waals surface area contributed by atoms with Gasteiger partial charge in [-0.2, -0.15) is 0 Å². The van der Waals surface area contributed by atoms with Crippen LogP contribution in [0, 0.1) is 0 Å². The van der Waals surface area contributed by atoms with Crippen molar-refractivity contribution in [1.29, 1.82) is 0 Å². The normalized spacial score (nSPS) is 11.0. The van der Waals surface area contributed by atoms with Gasteiger partial charge in [-0.15, -0.1) is 0 Å². The second kappa shape index (κ2) is 8.47. The molecular formula is C21H25NO3. The molecule has 0 unspecified atom stereocenters. The molecule has 0 aliphatic carbocycles. The van der Waals surface area contributed by atoms with E-state index in [0.717, 1.165) is 11.1 Å². The molecule has 0 aromatic heterocycles. The van der Waals surface area contributed by atoms with Crippen molar-refractivity contribution in [2.45, 2.75) is 39.2 Å². The summed E-state index contributed by atoms with van der Waals surface area (Å²) in [5, 5.41) is 2.58. The fourth-order valence-electron chi connectivity index (χ4n) is 2.33. The summed E-state index contributed by atoms with van der Waals surface area (Å²) in [6, 6.07) is 17.4. The van der Waals surface area contributed by atoms with Crippen molar-refractivity contribution in [3.63, 3.8) is 0 Å². The predicted molar refractivity (Wildman–Crippen MR) is 98.1 cm³/mol. The van der Waals surface area contributed by atoms with Gasteiger partial charge >= 0.3 is 5.97 Å². The number of ether oxygens (including phenoxy) is 1. The van der Waals surface area contributed by atoms with Crippen molar-refractivity contribution >= 4 is 11.9 Å². The standard InChI is InChI=1S/C21H25NO3/c1-21(2,3)18-11-9-17(10-12-18)15-25-20(24)14-22-19(23)13-16-7-5-4-6-8-16/h4-12H,13-15H2,1-3H3,(H,22,23). The number of nitrogens with one attached hydrogen (secondary N) is 1. The third kappa shape index (κ3) is 6.42. The van der Waals surface area contributed by atoms with Crippen LogP contribution in [0.1, 0.15) is 37.5 Å². The number of carbonyl (C=O) groups is 2. The third-order valence-corrected chi connectivity index (χ3v) is 3.86. The van der Waals surface area contributed by atoms with Gasteiger partial charge in [0, 0.05) is 0 Å². The molecule has 0 saturated carbocycles. The van der Waals surface area contributed by atoms with Gasteiger partial charge in [0.25, 0.3) is 0 Å². The molecule has 1 N–H and O–H groups in total. The molecule has 0 bridgehead atoms. The van der Waals surface area contributed by atoms with Gasteiger partial charge in [-0.25, -0.2) is 0 Å². The Morgan fingerprint density at radius 1 is 0.920 bits per heavy atom. The van der Waals surface area contributed by atoms with Gasteiger partial charge < -0.3 is 10.1 Å². The van der Waals surface area contributed by atoms with Crippen LogP contribution >= 0.6 is 0 Å². The molecule has 0 aliphatic rings. The lowest BCUT2D eigenvalue weighted by Gasteiger charge is -2.19. The molecule has 132 valence electrons. The van der Waals surface area contributed by atoms with Gasteiger partial charge in [0.1, 0.15) is 13.2 Å². The first-order chi connectivity index (χ1) is 11.8. The Labute approximate surface area is 149 Å². The summed E-state index contributed by atoms with van der Waals surface area (Å²) in [4.78, 5) is 23.6. The second-order valence-electron chi connectivity index (χ2n) is 7.05. The van der Waals surface area contributed by atoms with E-state index < -0.39 is 5.97 Å². The van der Waals surface area contributed by atoms with Crippen molar-refractivity contribution in [2.24, 2.45) is 0 Å². The quantitative estimate of drug-likeness (QED) is 0.821. The van der Waals surface area contributed by atoms with Crippen LogP contribution in [0.2, 0.25) is 0 Å². The van der Waals surface area contributed by atoms with Crippen molar-refractivity contribution in [3.05, 3.63) is 71.3 Å². The van der Waals surface area contributed by atoms with E-state index in [0.29, 0.717) is 0 Å². The van der Waals surface area contributed by atoms with Crippen LogP contribution in [0.5, 0.6) is 0 Å². The van der Waals surface area contributed by atoms with E-state index in [2.05, 4.69) is 26.1 Å². The zero-order chi connectivity index (χ0) is 18.3. The van der Waals surface area contributed by atoms with Crippen molar-refractivity contribution < 1.29 is 14.3 Å². The molecule has 0 radical (unpaired) electrons. The first-order valence-electron chi connectivity index (χ1n) is 8.40. The maximum atomic E-state index is 11.8. The Morgan fingerprint density at radius 2 is 1.56 bits per heavy atom. The number of hydrogen-bond acceptors (Lipinski definition) is 3. The van der Waals surface area contributed by atoms with E-state index in [-0.39, 0.29) is 30.9 Å². The van der Waals surface area contributed by atoms with Crippen LogP contribution in [0.3, 0.4) is 0 Å². The summed E-state index contributed by atoms with van der Waals surface area (Å²) in [6.07, 6.45) is 0.252. The Balaban J connectivity index is 1.72. The largest absolute Gasteiger partial charge is 0.460 e. The lowest BCUT2D eigenvalue weighted by atomic mass is 9.87. The zero-order valence-corrected chi connectivity index (χ0v) is 15.0.